The molecule has 2 aliphatic heterocycles. The van der Waals surface area contributed by atoms with Crippen LogP contribution in [0.25, 0.3) is 11.1 Å². The van der Waals surface area contributed by atoms with E-state index in [9.17, 15) is 27.2 Å². The highest BCUT2D eigenvalue weighted by Crippen LogP contribution is 2.42. The van der Waals surface area contributed by atoms with Crippen molar-refractivity contribution in [3.63, 3.8) is 0 Å². The van der Waals surface area contributed by atoms with Gasteiger partial charge in [0.1, 0.15) is 5.82 Å². The molecule has 1 saturated heterocycles. The van der Waals surface area contributed by atoms with E-state index < -0.39 is 24.6 Å². The monoisotopic (exact) mass is 523 g/mol. The number of halogens is 5. The number of aromatic nitrogens is 3. The van der Waals surface area contributed by atoms with E-state index in [0.29, 0.717) is 24.1 Å². The summed E-state index contributed by atoms with van der Waals surface area (Å²) in [5, 5.41) is 9.19. The van der Waals surface area contributed by atoms with Gasteiger partial charge in [0.2, 0.25) is 5.88 Å². The first-order valence-electron chi connectivity index (χ1n) is 10.9. The number of nitrogens with one attached hydrogen (secondary N) is 2. The minimum Gasteiger partial charge on any atom is -0.468 e. The first-order chi connectivity index (χ1) is 17.1. The highest BCUT2D eigenvalue weighted by Gasteiger charge is 2.44. The van der Waals surface area contributed by atoms with E-state index in [0.717, 1.165) is 18.1 Å². The van der Waals surface area contributed by atoms with Gasteiger partial charge in [0, 0.05) is 35.5 Å². The molecule has 1 fully saturated rings. The number of aromatic amines is 1. The van der Waals surface area contributed by atoms with Gasteiger partial charge in [0.05, 0.1) is 22.4 Å². The molecule has 0 saturated carbocycles. The number of amides is 2. The quantitative estimate of drug-likeness (QED) is 0.476. The Hall–Kier alpha value is -3.67. The zero-order chi connectivity index (χ0) is 25.6. The maximum atomic E-state index is 15.0. The number of fused-ring (bicyclic) bond motifs is 4. The zero-order valence-electron chi connectivity index (χ0n) is 18.4. The third-order valence-corrected chi connectivity index (χ3v) is 6.47. The third kappa shape index (κ3) is 4.72. The molecule has 0 unspecified atom stereocenters. The lowest BCUT2D eigenvalue weighted by atomic mass is 9.99. The van der Waals surface area contributed by atoms with Gasteiger partial charge in [-0.1, -0.05) is 11.6 Å². The second-order valence-corrected chi connectivity index (χ2v) is 8.94. The van der Waals surface area contributed by atoms with Crippen LogP contribution >= 0.6 is 11.6 Å². The van der Waals surface area contributed by atoms with Crippen LogP contribution in [0, 0.1) is 5.82 Å². The number of benzene rings is 1. The largest absolute Gasteiger partial charge is 0.468 e. The van der Waals surface area contributed by atoms with Gasteiger partial charge in [-0.2, -0.15) is 18.3 Å². The fourth-order valence-electron chi connectivity index (χ4n) is 4.64. The molecule has 13 heteroatoms. The van der Waals surface area contributed by atoms with Crippen molar-refractivity contribution in [1.82, 2.24) is 20.1 Å². The van der Waals surface area contributed by atoms with Crippen LogP contribution in [-0.2, 0) is 6.42 Å². The summed E-state index contributed by atoms with van der Waals surface area (Å²) in [5.74, 6) is -1.000. The molecule has 2 atom stereocenters. The number of anilines is 1. The minimum atomic E-state index is -4.50. The molecule has 1 aromatic carbocycles. The standard InChI is InChI=1S/C23H18ClF4N5O3/c24-15-8-17(16(25)7-14(15)11-1-4-20(29-9-11)36-10-23(26,27)28)30-22(35)33-13-2-3-18(33)21-12(5-13)6-19(34)31-32-21/h1,4,6-9,13,18H,2-3,5,10H2,(H,30,35)(H,31,34)/t13-,18+/m0/s1. The number of hydrogen-bond donors (Lipinski definition) is 2. The van der Waals surface area contributed by atoms with Crippen molar-refractivity contribution in [1.29, 1.82) is 0 Å². The van der Waals surface area contributed by atoms with Gasteiger partial charge < -0.3 is 15.0 Å². The number of ether oxygens (including phenoxy) is 1. The summed E-state index contributed by atoms with van der Waals surface area (Å²) in [6, 6.07) is 5.48. The van der Waals surface area contributed by atoms with Gasteiger partial charge in [-0.3, -0.25) is 4.79 Å². The number of H-pyrrole nitrogens is 1. The SMILES string of the molecule is O=C(Nc1cc(Cl)c(-c2ccc(OCC(F)(F)F)nc2)cc1F)N1[C@H]2CC[C@@H]1c1n[nH]c(=O)cc1C2. The molecule has 0 spiro atoms. The second kappa shape index (κ2) is 9.08. The number of alkyl halides is 3. The van der Waals surface area contributed by atoms with Crippen LogP contribution in [0.5, 0.6) is 5.88 Å². The molecule has 2 bridgehead atoms. The van der Waals surface area contributed by atoms with Gasteiger partial charge in [-0.05, 0) is 43.0 Å². The summed E-state index contributed by atoms with van der Waals surface area (Å²) in [4.78, 5) is 30.1. The molecule has 2 N–H and O–H groups in total. The summed E-state index contributed by atoms with van der Waals surface area (Å²) in [6.07, 6.45) is -1.42. The Morgan fingerprint density at radius 3 is 2.78 bits per heavy atom. The van der Waals surface area contributed by atoms with Crippen molar-refractivity contribution in [2.75, 3.05) is 11.9 Å². The molecule has 5 rings (SSSR count). The molecule has 3 aromatic rings. The second-order valence-electron chi connectivity index (χ2n) is 8.53. The van der Waals surface area contributed by atoms with Crippen molar-refractivity contribution in [2.24, 2.45) is 0 Å². The lowest BCUT2D eigenvalue weighted by molar-refractivity contribution is -0.154. The van der Waals surface area contributed by atoms with E-state index in [4.69, 9.17) is 11.6 Å². The van der Waals surface area contributed by atoms with Gasteiger partial charge in [0.25, 0.3) is 5.56 Å². The number of pyridine rings is 1. The molecular formula is C23H18ClF4N5O3. The number of rotatable bonds is 4. The van der Waals surface area contributed by atoms with Crippen LogP contribution in [0.3, 0.4) is 0 Å². The van der Waals surface area contributed by atoms with E-state index in [1.54, 1.807) is 4.90 Å². The van der Waals surface area contributed by atoms with Gasteiger partial charge >= 0.3 is 12.2 Å². The molecule has 0 aliphatic carbocycles. The third-order valence-electron chi connectivity index (χ3n) is 6.16. The molecule has 2 amide bonds. The smallest absolute Gasteiger partial charge is 0.422 e. The molecule has 8 nitrogen and oxygen atoms in total. The minimum absolute atomic E-state index is 0.101. The van der Waals surface area contributed by atoms with Crippen molar-refractivity contribution < 1.29 is 27.1 Å². The summed E-state index contributed by atoms with van der Waals surface area (Å²) >= 11 is 6.33. The predicted molar refractivity (Wildman–Crippen MR) is 121 cm³/mol. The van der Waals surface area contributed by atoms with E-state index in [1.807, 2.05) is 0 Å². The van der Waals surface area contributed by atoms with E-state index in [2.05, 4.69) is 25.2 Å². The van der Waals surface area contributed by atoms with Crippen molar-refractivity contribution in [2.45, 2.75) is 37.5 Å². The van der Waals surface area contributed by atoms with E-state index in [-0.39, 0.29) is 39.8 Å². The number of urea groups is 1. The normalized spacial score (nSPS) is 18.6. The average molecular weight is 524 g/mol. The van der Waals surface area contributed by atoms with Crippen LogP contribution in [0.4, 0.5) is 28.0 Å². The van der Waals surface area contributed by atoms with Crippen LogP contribution < -0.4 is 15.6 Å². The molecule has 0 radical (unpaired) electrons. The topological polar surface area (TPSA) is 100 Å². The number of hydrogen-bond acceptors (Lipinski definition) is 5. The Balaban J connectivity index is 1.32. The first-order valence-corrected chi connectivity index (χ1v) is 11.3. The van der Waals surface area contributed by atoms with Crippen LogP contribution in [0.2, 0.25) is 5.02 Å². The fraction of sp³-hybridized carbons (Fsp3) is 0.304. The highest BCUT2D eigenvalue weighted by atomic mass is 35.5. The Morgan fingerprint density at radius 1 is 1.25 bits per heavy atom. The Bertz CT molecular complexity index is 1380. The summed E-state index contributed by atoms with van der Waals surface area (Å²) < 4.78 is 56.4. The number of carbonyl (C=O) groups is 1. The average Bonchev–Trinajstić information content (AvgIpc) is 3.14. The molecular weight excluding hydrogens is 506 g/mol. The van der Waals surface area contributed by atoms with E-state index >= 15 is 0 Å². The highest BCUT2D eigenvalue weighted by molar-refractivity contribution is 6.33. The van der Waals surface area contributed by atoms with Crippen LogP contribution in [0.1, 0.15) is 30.1 Å². The lowest BCUT2D eigenvalue weighted by Gasteiger charge is -2.35. The van der Waals surface area contributed by atoms with Gasteiger partial charge in [-0.25, -0.2) is 19.3 Å². The first kappa shape index (κ1) is 24.0. The maximum absolute atomic E-state index is 15.0. The number of nitrogens with zero attached hydrogens (tertiary/aromatic N) is 3. The lowest BCUT2D eigenvalue weighted by Crippen LogP contribution is -2.45. The zero-order valence-corrected chi connectivity index (χ0v) is 19.2. The van der Waals surface area contributed by atoms with Crippen molar-refractivity contribution in [3.8, 4) is 17.0 Å². The predicted octanol–water partition coefficient (Wildman–Crippen LogP) is 4.86. The van der Waals surface area contributed by atoms with Crippen molar-refractivity contribution >= 4 is 23.3 Å². The van der Waals surface area contributed by atoms with Gasteiger partial charge in [0.15, 0.2) is 6.61 Å². The Morgan fingerprint density at radius 2 is 2.06 bits per heavy atom. The number of carbonyl (C=O) groups excluding carboxylic acids is 1. The maximum Gasteiger partial charge on any atom is 0.422 e. The summed E-state index contributed by atoms with van der Waals surface area (Å²) in [5.41, 5.74) is 1.58. The van der Waals surface area contributed by atoms with E-state index in [1.165, 1.54) is 30.5 Å². The van der Waals surface area contributed by atoms with Crippen molar-refractivity contribution in [3.05, 3.63) is 69.0 Å². The molecule has 2 aromatic heterocycles. The molecule has 188 valence electrons. The molecule has 36 heavy (non-hydrogen) atoms. The summed E-state index contributed by atoms with van der Waals surface area (Å²) in [7, 11) is 0. The molecule has 4 heterocycles. The molecule has 2 aliphatic rings. The fourth-order valence-corrected chi connectivity index (χ4v) is 4.91. The van der Waals surface area contributed by atoms with Crippen LogP contribution in [0.15, 0.2) is 41.3 Å². The van der Waals surface area contributed by atoms with Gasteiger partial charge in [-0.15, -0.1) is 0 Å². The Labute approximate surface area is 206 Å². The Kier molecular flexibility index (Phi) is 6.07. The van der Waals surface area contributed by atoms with Crippen LogP contribution in [-0.4, -0.2) is 44.9 Å². The summed E-state index contributed by atoms with van der Waals surface area (Å²) in [6.45, 7) is -1.48.